The van der Waals surface area contributed by atoms with Crippen LogP contribution in [0, 0.1) is 6.92 Å². The summed E-state index contributed by atoms with van der Waals surface area (Å²) < 4.78 is 16.5. The zero-order valence-electron chi connectivity index (χ0n) is 14.4. The molecule has 5 heteroatoms. The third kappa shape index (κ3) is 3.88. The quantitative estimate of drug-likeness (QED) is 0.600. The van der Waals surface area contributed by atoms with E-state index < -0.39 is 0 Å². The maximum absolute atomic E-state index is 5.78. The second-order valence-corrected chi connectivity index (χ2v) is 5.59. The van der Waals surface area contributed by atoms with Gasteiger partial charge in [-0.1, -0.05) is 41.6 Å². The maximum atomic E-state index is 5.78. The van der Waals surface area contributed by atoms with Crippen molar-refractivity contribution in [2.24, 2.45) is 0 Å². The lowest BCUT2D eigenvalue weighted by Gasteiger charge is -2.10. The summed E-state index contributed by atoms with van der Waals surface area (Å²) in [5.41, 5.74) is 3.15. The van der Waals surface area contributed by atoms with E-state index in [-0.39, 0.29) is 6.61 Å². The van der Waals surface area contributed by atoms with Crippen LogP contribution < -0.4 is 9.47 Å². The molecule has 128 valence electrons. The molecule has 3 aromatic rings. The summed E-state index contributed by atoms with van der Waals surface area (Å²) in [7, 11) is 1.61. The smallest absolute Gasteiger partial charge is 0.264 e. The van der Waals surface area contributed by atoms with Crippen molar-refractivity contribution in [3.05, 3.63) is 72.1 Å². The minimum Gasteiger partial charge on any atom is -0.493 e. The molecule has 0 aliphatic heterocycles. The Morgan fingerprint density at radius 1 is 1.16 bits per heavy atom. The minimum absolute atomic E-state index is 0.177. The molecule has 1 heterocycles. The van der Waals surface area contributed by atoms with Crippen molar-refractivity contribution in [3.63, 3.8) is 0 Å². The highest BCUT2D eigenvalue weighted by Crippen LogP contribution is 2.29. The third-order valence-corrected chi connectivity index (χ3v) is 3.81. The summed E-state index contributed by atoms with van der Waals surface area (Å²) in [4.78, 5) is 4.40. The van der Waals surface area contributed by atoms with Crippen molar-refractivity contribution in [3.8, 4) is 22.9 Å². The van der Waals surface area contributed by atoms with Crippen molar-refractivity contribution in [2.75, 3.05) is 7.11 Å². The lowest BCUT2D eigenvalue weighted by molar-refractivity contribution is 0.233. The number of methoxy groups -OCH3 is 1. The summed E-state index contributed by atoms with van der Waals surface area (Å²) in [6.07, 6.45) is 2.63. The van der Waals surface area contributed by atoms with E-state index in [9.17, 15) is 0 Å². The Labute approximate surface area is 146 Å². The standard InChI is InChI=1S/C20H20N2O3/c1-4-7-15-10-11-17(18(12-15)23-3)24-13-19-21-20(22-25-19)16-9-6-5-8-14(16)2/h4-6,8-12H,1,7,13H2,2-3H3. The molecule has 0 N–H and O–H groups in total. The first-order valence-electron chi connectivity index (χ1n) is 8.00. The molecule has 0 aliphatic carbocycles. The van der Waals surface area contributed by atoms with Crippen molar-refractivity contribution in [1.29, 1.82) is 0 Å². The van der Waals surface area contributed by atoms with Gasteiger partial charge in [-0.15, -0.1) is 6.58 Å². The van der Waals surface area contributed by atoms with Crippen molar-refractivity contribution >= 4 is 0 Å². The molecule has 0 saturated carbocycles. The molecule has 3 rings (SSSR count). The van der Waals surface area contributed by atoms with Gasteiger partial charge in [0.1, 0.15) is 0 Å². The summed E-state index contributed by atoms with van der Waals surface area (Å²) >= 11 is 0. The number of rotatable bonds is 7. The SMILES string of the molecule is C=CCc1ccc(OCc2nc(-c3ccccc3C)no2)c(OC)c1. The van der Waals surface area contributed by atoms with E-state index in [4.69, 9.17) is 14.0 Å². The Morgan fingerprint density at radius 3 is 2.76 bits per heavy atom. The van der Waals surface area contributed by atoms with Gasteiger partial charge in [0, 0.05) is 5.56 Å². The molecule has 5 nitrogen and oxygen atoms in total. The molecule has 0 radical (unpaired) electrons. The van der Waals surface area contributed by atoms with Crippen LogP contribution in [-0.2, 0) is 13.0 Å². The van der Waals surface area contributed by atoms with Gasteiger partial charge in [0.05, 0.1) is 7.11 Å². The Bertz CT molecular complexity index is 871. The van der Waals surface area contributed by atoms with Crippen molar-refractivity contribution in [2.45, 2.75) is 20.0 Å². The van der Waals surface area contributed by atoms with E-state index in [1.54, 1.807) is 7.11 Å². The number of aryl methyl sites for hydroxylation is 1. The van der Waals surface area contributed by atoms with E-state index >= 15 is 0 Å². The molecule has 0 bridgehead atoms. The highest BCUT2D eigenvalue weighted by molar-refractivity contribution is 5.58. The molecule has 0 unspecified atom stereocenters. The maximum Gasteiger partial charge on any atom is 0.264 e. The first kappa shape index (κ1) is 16.8. The number of nitrogens with zero attached hydrogens (tertiary/aromatic N) is 2. The van der Waals surface area contributed by atoms with Crippen molar-refractivity contribution < 1.29 is 14.0 Å². The van der Waals surface area contributed by atoms with Crippen LogP contribution in [0.1, 0.15) is 17.0 Å². The molecule has 1 aromatic heterocycles. The van der Waals surface area contributed by atoms with Gasteiger partial charge in [-0.2, -0.15) is 4.98 Å². The van der Waals surface area contributed by atoms with Crippen LogP contribution in [0.3, 0.4) is 0 Å². The molecule has 0 aliphatic rings. The second-order valence-electron chi connectivity index (χ2n) is 5.59. The first-order chi connectivity index (χ1) is 12.2. The summed E-state index contributed by atoms with van der Waals surface area (Å²) in [5, 5.41) is 4.03. The van der Waals surface area contributed by atoms with E-state index in [0.29, 0.717) is 23.2 Å². The number of hydrogen-bond acceptors (Lipinski definition) is 5. The predicted molar refractivity (Wildman–Crippen MR) is 95.7 cm³/mol. The number of aromatic nitrogens is 2. The number of hydrogen-bond donors (Lipinski definition) is 0. The number of ether oxygens (including phenoxy) is 2. The Kier molecular flexibility index (Phi) is 5.14. The number of benzene rings is 2. The molecule has 0 atom stereocenters. The average Bonchev–Trinajstić information content (AvgIpc) is 3.10. The molecule has 0 amide bonds. The summed E-state index contributed by atoms with van der Waals surface area (Å²) in [6, 6.07) is 13.7. The van der Waals surface area contributed by atoms with Gasteiger partial charge in [0.25, 0.3) is 5.89 Å². The second kappa shape index (κ2) is 7.66. The first-order valence-corrected chi connectivity index (χ1v) is 8.00. The normalized spacial score (nSPS) is 10.5. The highest BCUT2D eigenvalue weighted by Gasteiger charge is 2.12. The zero-order valence-corrected chi connectivity index (χ0v) is 14.4. The van der Waals surface area contributed by atoms with Crippen LogP contribution in [-0.4, -0.2) is 17.3 Å². The summed E-state index contributed by atoms with van der Waals surface area (Å²) in [5.74, 6) is 2.27. The van der Waals surface area contributed by atoms with Crippen LogP contribution in [0.2, 0.25) is 0 Å². The molecular weight excluding hydrogens is 316 g/mol. The van der Waals surface area contributed by atoms with E-state index in [2.05, 4.69) is 16.7 Å². The molecule has 0 saturated heterocycles. The van der Waals surface area contributed by atoms with Gasteiger partial charge in [0.15, 0.2) is 18.1 Å². The zero-order chi connectivity index (χ0) is 17.6. The Hall–Kier alpha value is -3.08. The van der Waals surface area contributed by atoms with Crippen LogP contribution >= 0.6 is 0 Å². The van der Waals surface area contributed by atoms with E-state index in [1.165, 1.54) is 0 Å². The average molecular weight is 336 g/mol. The van der Waals surface area contributed by atoms with Gasteiger partial charge in [-0.3, -0.25) is 0 Å². The third-order valence-electron chi connectivity index (χ3n) is 3.81. The largest absolute Gasteiger partial charge is 0.493 e. The van der Waals surface area contributed by atoms with E-state index in [0.717, 1.165) is 23.1 Å². The lowest BCUT2D eigenvalue weighted by atomic mass is 10.1. The fraction of sp³-hybridized carbons (Fsp3) is 0.200. The molecule has 25 heavy (non-hydrogen) atoms. The fourth-order valence-corrected chi connectivity index (χ4v) is 2.51. The Balaban J connectivity index is 1.72. The van der Waals surface area contributed by atoms with Crippen LogP contribution in [0.15, 0.2) is 59.6 Å². The molecule has 0 spiro atoms. The topological polar surface area (TPSA) is 57.4 Å². The predicted octanol–water partition coefficient (Wildman–Crippen LogP) is 4.36. The van der Waals surface area contributed by atoms with Gasteiger partial charge in [0.2, 0.25) is 5.82 Å². The van der Waals surface area contributed by atoms with Gasteiger partial charge in [-0.25, -0.2) is 0 Å². The van der Waals surface area contributed by atoms with Gasteiger partial charge in [-0.05, 0) is 36.6 Å². The van der Waals surface area contributed by atoms with Crippen molar-refractivity contribution in [1.82, 2.24) is 10.1 Å². The van der Waals surface area contributed by atoms with E-state index in [1.807, 2.05) is 55.5 Å². The van der Waals surface area contributed by atoms with Crippen LogP contribution in [0.25, 0.3) is 11.4 Å². The number of allylic oxidation sites excluding steroid dienone is 1. The van der Waals surface area contributed by atoms with Crippen LogP contribution in [0.5, 0.6) is 11.5 Å². The molecule has 2 aromatic carbocycles. The highest BCUT2D eigenvalue weighted by atomic mass is 16.5. The molecular formula is C20H20N2O3. The van der Waals surface area contributed by atoms with Gasteiger partial charge >= 0.3 is 0 Å². The van der Waals surface area contributed by atoms with Gasteiger partial charge < -0.3 is 14.0 Å². The minimum atomic E-state index is 0.177. The summed E-state index contributed by atoms with van der Waals surface area (Å²) in [6.45, 7) is 5.93. The lowest BCUT2D eigenvalue weighted by Crippen LogP contribution is -1.99. The fourth-order valence-electron chi connectivity index (χ4n) is 2.51. The monoisotopic (exact) mass is 336 g/mol. The molecule has 0 fully saturated rings. The van der Waals surface area contributed by atoms with Crippen LogP contribution in [0.4, 0.5) is 0 Å². The Morgan fingerprint density at radius 2 is 2.00 bits per heavy atom.